The molecule has 0 aromatic heterocycles. The van der Waals surface area contributed by atoms with Gasteiger partial charge in [0.1, 0.15) is 23.1 Å². The molecule has 7 nitrogen and oxygen atoms in total. The highest BCUT2D eigenvalue weighted by atomic mass is 32.2. The molecule has 1 aliphatic rings. The number of carbonyl (C=O) groups is 1. The van der Waals surface area contributed by atoms with E-state index in [-0.39, 0.29) is 42.2 Å². The van der Waals surface area contributed by atoms with Crippen molar-refractivity contribution >= 4 is 27.1 Å². The van der Waals surface area contributed by atoms with Crippen LogP contribution in [-0.2, 0) is 19.6 Å². The summed E-state index contributed by atoms with van der Waals surface area (Å²) >= 11 is 0. The number of hydrogen-bond donors (Lipinski definition) is 0. The molecule has 0 spiro atoms. The number of sulfonamides is 1. The second kappa shape index (κ2) is 12.1. The highest BCUT2D eigenvalue weighted by Gasteiger charge is 2.50. The SMILES string of the molecule is CCOC(=O)C1(C(=C(C#N)C#N)c2ccccc2)CC=C(c2ccccc2)CN(S(=O)(=O)c2ccc(C)cc2)C1. The Hall–Kier alpha value is -4.50. The highest BCUT2D eigenvalue weighted by Crippen LogP contribution is 2.46. The van der Waals surface area contributed by atoms with Crippen LogP contribution in [0.4, 0.5) is 0 Å². The maximum atomic E-state index is 14.2. The van der Waals surface area contributed by atoms with Crippen LogP contribution in [0.1, 0.15) is 30.0 Å². The van der Waals surface area contributed by atoms with Crippen LogP contribution < -0.4 is 0 Å². The van der Waals surface area contributed by atoms with Crippen molar-refractivity contribution < 1.29 is 17.9 Å². The van der Waals surface area contributed by atoms with Crippen LogP contribution in [0.3, 0.4) is 0 Å². The van der Waals surface area contributed by atoms with Gasteiger partial charge < -0.3 is 4.74 Å². The molecule has 202 valence electrons. The van der Waals surface area contributed by atoms with Crippen molar-refractivity contribution in [3.8, 4) is 12.1 Å². The first-order valence-corrected chi connectivity index (χ1v) is 14.3. The number of allylic oxidation sites excluding steroid dienone is 2. The van der Waals surface area contributed by atoms with Gasteiger partial charge in [-0.2, -0.15) is 14.8 Å². The van der Waals surface area contributed by atoms with E-state index in [1.54, 1.807) is 49.4 Å². The van der Waals surface area contributed by atoms with Crippen molar-refractivity contribution in [1.29, 1.82) is 10.5 Å². The number of hydrogen-bond acceptors (Lipinski definition) is 6. The molecule has 0 radical (unpaired) electrons. The quantitative estimate of drug-likeness (QED) is 0.282. The van der Waals surface area contributed by atoms with E-state index in [1.165, 1.54) is 16.4 Å². The van der Waals surface area contributed by atoms with Crippen LogP contribution in [0, 0.1) is 35.0 Å². The van der Waals surface area contributed by atoms with Gasteiger partial charge in [-0.1, -0.05) is 84.4 Å². The zero-order valence-corrected chi connectivity index (χ0v) is 23.2. The van der Waals surface area contributed by atoms with Gasteiger partial charge in [-0.15, -0.1) is 0 Å². The fourth-order valence-corrected chi connectivity index (χ4v) is 6.44. The molecule has 3 aromatic rings. The van der Waals surface area contributed by atoms with Crippen molar-refractivity contribution in [3.63, 3.8) is 0 Å². The second-order valence-electron chi connectivity index (χ2n) is 9.53. The Balaban J connectivity index is 2.03. The molecule has 0 bridgehead atoms. The van der Waals surface area contributed by atoms with Gasteiger partial charge in [0.15, 0.2) is 0 Å². The van der Waals surface area contributed by atoms with E-state index in [2.05, 4.69) is 0 Å². The number of aryl methyl sites for hydroxylation is 1. The lowest BCUT2D eigenvalue weighted by Crippen LogP contribution is -2.46. The fraction of sp³-hybridized carbons (Fsp3) is 0.219. The normalized spacial score (nSPS) is 17.4. The highest BCUT2D eigenvalue weighted by molar-refractivity contribution is 7.89. The number of benzene rings is 3. The molecule has 0 fully saturated rings. The molecule has 40 heavy (non-hydrogen) atoms. The van der Waals surface area contributed by atoms with Crippen molar-refractivity contribution in [3.05, 3.63) is 113 Å². The van der Waals surface area contributed by atoms with Crippen molar-refractivity contribution in [1.82, 2.24) is 4.31 Å². The monoisotopic (exact) mass is 551 g/mol. The third-order valence-corrected chi connectivity index (χ3v) is 8.78. The summed E-state index contributed by atoms with van der Waals surface area (Å²) in [6.07, 6.45) is 1.85. The number of esters is 1. The topological polar surface area (TPSA) is 111 Å². The Labute approximate surface area is 235 Å². The molecule has 0 N–H and O–H groups in total. The zero-order valence-electron chi connectivity index (χ0n) is 22.4. The number of nitrogens with zero attached hydrogens (tertiary/aromatic N) is 3. The molecule has 1 heterocycles. The predicted octanol–water partition coefficient (Wildman–Crippen LogP) is 5.52. The Bertz CT molecular complexity index is 1620. The fourth-order valence-electron chi connectivity index (χ4n) is 4.97. The van der Waals surface area contributed by atoms with E-state index in [4.69, 9.17) is 4.74 Å². The number of carbonyl (C=O) groups excluding carboxylic acids is 1. The smallest absolute Gasteiger partial charge is 0.318 e. The lowest BCUT2D eigenvalue weighted by atomic mass is 9.72. The van der Waals surface area contributed by atoms with Gasteiger partial charge in [0.25, 0.3) is 0 Å². The van der Waals surface area contributed by atoms with E-state index in [1.807, 2.05) is 55.5 Å². The third-order valence-electron chi connectivity index (χ3n) is 6.97. The largest absolute Gasteiger partial charge is 0.465 e. The molecule has 1 atom stereocenters. The summed E-state index contributed by atoms with van der Waals surface area (Å²) in [5, 5.41) is 20.0. The molecule has 0 saturated carbocycles. The third kappa shape index (κ3) is 5.60. The lowest BCUT2D eigenvalue weighted by Gasteiger charge is -2.36. The molecular weight excluding hydrogens is 522 g/mol. The Kier molecular flexibility index (Phi) is 8.64. The summed E-state index contributed by atoms with van der Waals surface area (Å²) in [5.41, 5.74) is 1.07. The maximum absolute atomic E-state index is 14.2. The van der Waals surface area contributed by atoms with Gasteiger partial charge in [0, 0.05) is 18.7 Å². The van der Waals surface area contributed by atoms with Gasteiger partial charge in [-0.3, -0.25) is 4.79 Å². The summed E-state index contributed by atoms with van der Waals surface area (Å²) in [6.45, 7) is 3.23. The van der Waals surface area contributed by atoms with Crippen LogP contribution in [0.5, 0.6) is 0 Å². The van der Waals surface area contributed by atoms with Gasteiger partial charge in [0.05, 0.1) is 11.5 Å². The molecule has 3 aromatic carbocycles. The standard InChI is InChI=1S/C32H29N3O4S/c1-3-39-31(36)32(30(28(20-33)21-34)26-12-8-5-9-13-26)19-18-27(25-10-6-4-7-11-25)22-35(23-32)40(37,38)29-16-14-24(2)15-17-29/h4-18H,3,19,22-23H2,1-2H3. The number of nitriles is 2. The van der Waals surface area contributed by atoms with Gasteiger partial charge >= 0.3 is 5.97 Å². The second-order valence-corrected chi connectivity index (χ2v) is 11.5. The van der Waals surface area contributed by atoms with Crippen molar-refractivity contribution in [2.75, 3.05) is 19.7 Å². The molecule has 0 saturated heterocycles. The van der Waals surface area contributed by atoms with Crippen LogP contribution in [0.2, 0.25) is 0 Å². The van der Waals surface area contributed by atoms with Crippen LogP contribution in [-0.4, -0.2) is 38.4 Å². The summed E-state index contributed by atoms with van der Waals surface area (Å²) in [4.78, 5) is 14.1. The number of ether oxygens (including phenoxy) is 1. The summed E-state index contributed by atoms with van der Waals surface area (Å²) in [5.74, 6) is -0.702. The molecule has 1 aliphatic heterocycles. The molecular formula is C32H29N3O4S. The maximum Gasteiger partial charge on any atom is 0.318 e. The van der Waals surface area contributed by atoms with Gasteiger partial charge in [0.2, 0.25) is 10.0 Å². The van der Waals surface area contributed by atoms with E-state index in [0.717, 1.165) is 11.1 Å². The van der Waals surface area contributed by atoms with Crippen molar-refractivity contribution in [2.45, 2.75) is 25.2 Å². The first-order valence-electron chi connectivity index (χ1n) is 12.9. The van der Waals surface area contributed by atoms with Crippen LogP contribution in [0.25, 0.3) is 11.1 Å². The molecule has 0 amide bonds. The van der Waals surface area contributed by atoms with Gasteiger partial charge in [-0.05, 0) is 49.1 Å². The molecule has 1 unspecified atom stereocenters. The van der Waals surface area contributed by atoms with Crippen LogP contribution >= 0.6 is 0 Å². The zero-order chi connectivity index (χ0) is 28.8. The molecule has 4 rings (SSSR count). The average Bonchev–Trinajstić information content (AvgIpc) is 3.19. The summed E-state index contributed by atoms with van der Waals surface area (Å²) < 4.78 is 35.2. The van der Waals surface area contributed by atoms with E-state index < -0.39 is 21.4 Å². The summed E-state index contributed by atoms with van der Waals surface area (Å²) in [7, 11) is -4.12. The summed E-state index contributed by atoms with van der Waals surface area (Å²) in [6, 6.07) is 28.4. The minimum atomic E-state index is -4.12. The minimum Gasteiger partial charge on any atom is -0.465 e. The molecule has 0 aliphatic carbocycles. The predicted molar refractivity (Wildman–Crippen MR) is 153 cm³/mol. The lowest BCUT2D eigenvalue weighted by molar-refractivity contribution is -0.152. The van der Waals surface area contributed by atoms with Crippen LogP contribution in [0.15, 0.2) is 101 Å². The van der Waals surface area contributed by atoms with E-state index in [0.29, 0.717) is 11.1 Å². The Morgan fingerprint density at radius 3 is 2.12 bits per heavy atom. The molecule has 8 heteroatoms. The average molecular weight is 552 g/mol. The van der Waals surface area contributed by atoms with E-state index >= 15 is 0 Å². The van der Waals surface area contributed by atoms with Gasteiger partial charge in [-0.25, -0.2) is 8.42 Å². The van der Waals surface area contributed by atoms with Crippen molar-refractivity contribution in [2.24, 2.45) is 5.41 Å². The van der Waals surface area contributed by atoms with E-state index in [9.17, 15) is 23.7 Å². The first-order chi connectivity index (χ1) is 19.3. The minimum absolute atomic E-state index is 0.0160. The first kappa shape index (κ1) is 28.5. The number of rotatable bonds is 7. The Morgan fingerprint density at radius 2 is 1.55 bits per heavy atom. The Morgan fingerprint density at radius 1 is 0.950 bits per heavy atom.